The Morgan fingerprint density at radius 1 is 1.10 bits per heavy atom. The van der Waals surface area contributed by atoms with E-state index >= 15 is 0 Å². The van der Waals surface area contributed by atoms with Gasteiger partial charge in [-0.05, 0) is 61.6 Å². The summed E-state index contributed by atoms with van der Waals surface area (Å²) in [4.78, 5) is 4.81. The highest BCUT2D eigenvalue weighted by atomic mass is 127. The van der Waals surface area contributed by atoms with Crippen molar-refractivity contribution in [1.82, 2.24) is 15.4 Å². The molecule has 2 aromatic rings. The van der Waals surface area contributed by atoms with Crippen LogP contribution in [0.2, 0.25) is 0 Å². The molecule has 0 radical (unpaired) electrons. The maximum atomic E-state index is 13.3. The quantitative estimate of drug-likeness (QED) is 0.257. The monoisotopic (exact) mass is 546 g/mol. The molecule has 1 aliphatic carbocycles. The largest absolute Gasteiger partial charge is 0.357 e. The average Bonchev–Trinajstić information content (AvgIpc) is 3.50. The Morgan fingerprint density at radius 2 is 1.83 bits per heavy atom. The number of halogens is 2. The standard InChI is InChI=1S/C21H27FN4O2S.HI/c1-2-23-21(24-13-12-16-4-3-5-18(22)14-16)25-15-17-6-10-20(11-7-17)29(27,28)26-19-8-9-19;/h3-7,10-11,14,19,26H,2,8-9,12-13,15H2,1H3,(H2,23,24,25);1H. The zero-order valence-electron chi connectivity index (χ0n) is 16.9. The lowest BCUT2D eigenvalue weighted by Gasteiger charge is -2.11. The highest BCUT2D eigenvalue weighted by Crippen LogP contribution is 2.22. The van der Waals surface area contributed by atoms with Gasteiger partial charge in [-0.3, -0.25) is 0 Å². The lowest BCUT2D eigenvalue weighted by atomic mass is 10.1. The van der Waals surface area contributed by atoms with Gasteiger partial charge in [0.2, 0.25) is 10.0 Å². The third-order valence-corrected chi connectivity index (χ3v) is 6.03. The summed E-state index contributed by atoms with van der Waals surface area (Å²) in [6.45, 7) is 3.75. The fourth-order valence-electron chi connectivity index (χ4n) is 2.79. The summed E-state index contributed by atoms with van der Waals surface area (Å²) in [5.41, 5.74) is 1.84. The third kappa shape index (κ3) is 7.84. The van der Waals surface area contributed by atoms with E-state index < -0.39 is 10.0 Å². The first-order chi connectivity index (χ1) is 14.0. The number of nitrogens with one attached hydrogen (secondary N) is 3. The van der Waals surface area contributed by atoms with Crippen molar-refractivity contribution in [2.24, 2.45) is 4.99 Å². The van der Waals surface area contributed by atoms with Crippen molar-refractivity contribution in [3.8, 4) is 0 Å². The van der Waals surface area contributed by atoms with Gasteiger partial charge in [-0.15, -0.1) is 24.0 Å². The molecule has 1 aliphatic rings. The predicted octanol–water partition coefficient (Wildman–Crippen LogP) is 3.18. The Bertz CT molecular complexity index is 948. The minimum Gasteiger partial charge on any atom is -0.357 e. The molecule has 0 bridgehead atoms. The Kier molecular flexibility index (Phi) is 9.50. The molecule has 164 valence electrons. The summed E-state index contributed by atoms with van der Waals surface area (Å²) in [7, 11) is -3.43. The van der Waals surface area contributed by atoms with Gasteiger partial charge in [0.25, 0.3) is 0 Å². The zero-order chi connectivity index (χ0) is 20.7. The molecule has 3 N–H and O–H groups in total. The summed E-state index contributed by atoms with van der Waals surface area (Å²) >= 11 is 0. The molecule has 6 nitrogen and oxygen atoms in total. The first kappa shape index (κ1) is 24.5. The molecule has 0 aliphatic heterocycles. The average molecular weight is 546 g/mol. The van der Waals surface area contributed by atoms with Crippen molar-refractivity contribution in [3.05, 3.63) is 65.5 Å². The van der Waals surface area contributed by atoms with Crippen molar-refractivity contribution >= 4 is 40.0 Å². The fourth-order valence-corrected chi connectivity index (χ4v) is 4.10. The fraction of sp³-hybridized carbons (Fsp3) is 0.381. The van der Waals surface area contributed by atoms with Crippen LogP contribution >= 0.6 is 24.0 Å². The third-order valence-electron chi connectivity index (χ3n) is 4.49. The van der Waals surface area contributed by atoms with Crippen LogP contribution in [-0.2, 0) is 23.0 Å². The molecule has 0 aromatic heterocycles. The van der Waals surface area contributed by atoms with E-state index in [0.29, 0.717) is 25.5 Å². The Labute approximate surface area is 194 Å². The Morgan fingerprint density at radius 3 is 2.47 bits per heavy atom. The summed E-state index contributed by atoms with van der Waals surface area (Å²) in [5.74, 6) is 0.428. The zero-order valence-corrected chi connectivity index (χ0v) is 20.0. The first-order valence-corrected chi connectivity index (χ1v) is 11.3. The topological polar surface area (TPSA) is 82.6 Å². The molecule has 0 atom stereocenters. The van der Waals surface area contributed by atoms with Crippen LogP contribution in [0.25, 0.3) is 0 Å². The highest BCUT2D eigenvalue weighted by Gasteiger charge is 2.27. The predicted molar refractivity (Wildman–Crippen MR) is 128 cm³/mol. The van der Waals surface area contributed by atoms with E-state index in [1.165, 1.54) is 12.1 Å². The van der Waals surface area contributed by atoms with E-state index in [4.69, 9.17) is 0 Å². The van der Waals surface area contributed by atoms with E-state index in [0.717, 1.165) is 30.5 Å². The van der Waals surface area contributed by atoms with Crippen molar-refractivity contribution < 1.29 is 12.8 Å². The van der Waals surface area contributed by atoms with Crippen LogP contribution in [0.1, 0.15) is 30.9 Å². The van der Waals surface area contributed by atoms with Crippen molar-refractivity contribution in [1.29, 1.82) is 0 Å². The molecular formula is C21H28FIN4O2S. The van der Waals surface area contributed by atoms with Gasteiger partial charge < -0.3 is 10.6 Å². The minimum absolute atomic E-state index is 0. The van der Waals surface area contributed by atoms with Gasteiger partial charge in [0.15, 0.2) is 5.96 Å². The Balaban J connectivity index is 0.00000320. The Hall–Kier alpha value is -1.72. The summed E-state index contributed by atoms with van der Waals surface area (Å²) in [6, 6.07) is 13.4. The normalized spacial score (nSPS) is 14.1. The van der Waals surface area contributed by atoms with Gasteiger partial charge in [0.05, 0.1) is 11.4 Å². The van der Waals surface area contributed by atoms with Crippen LogP contribution in [-0.4, -0.2) is 33.5 Å². The summed E-state index contributed by atoms with van der Waals surface area (Å²) < 4.78 is 40.4. The molecule has 2 aromatic carbocycles. The molecule has 0 spiro atoms. The number of hydrogen-bond acceptors (Lipinski definition) is 3. The summed E-state index contributed by atoms with van der Waals surface area (Å²) in [6.07, 6.45) is 2.50. The van der Waals surface area contributed by atoms with E-state index in [9.17, 15) is 12.8 Å². The van der Waals surface area contributed by atoms with E-state index in [2.05, 4.69) is 20.3 Å². The minimum atomic E-state index is -3.43. The van der Waals surface area contributed by atoms with Crippen LogP contribution in [0, 0.1) is 5.82 Å². The molecule has 1 saturated carbocycles. The maximum Gasteiger partial charge on any atom is 0.240 e. The number of sulfonamides is 1. The van der Waals surface area contributed by atoms with Crippen molar-refractivity contribution in [3.63, 3.8) is 0 Å². The molecule has 1 fully saturated rings. The molecule has 3 rings (SSSR count). The van der Waals surface area contributed by atoms with Crippen LogP contribution in [0.5, 0.6) is 0 Å². The van der Waals surface area contributed by atoms with E-state index in [1.807, 2.05) is 13.0 Å². The smallest absolute Gasteiger partial charge is 0.240 e. The van der Waals surface area contributed by atoms with Crippen LogP contribution < -0.4 is 15.4 Å². The van der Waals surface area contributed by atoms with Crippen LogP contribution in [0.15, 0.2) is 58.4 Å². The summed E-state index contributed by atoms with van der Waals surface area (Å²) in [5, 5.41) is 6.41. The molecule has 30 heavy (non-hydrogen) atoms. The van der Waals surface area contributed by atoms with Crippen molar-refractivity contribution in [2.45, 2.75) is 43.7 Å². The SMILES string of the molecule is CCNC(=NCc1ccc(S(=O)(=O)NC2CC2)cc1)NCCc1cccc(F)c1.I. The molecule has 0 saturated heterocycles. The maximum absolute atomic E-state index is 13.3. The van der Waals surface area contributed by atoms with E-state index in [1.54, 1.807) is 30.3 Å². The molecule has 0 amide bonds. The lowest BCUT2D eigenvalue weighted by molar-refractivity contribution is 0.581. The highest BCUT2D eigenvalue weighted by molar-refractivity contribution is 14.0. The van der Waals surface area contributed by atoms with Crippen LogP contribution in [0.4, 0.5) is 4.39 Å². The second kappa shape index (κ2) is 11.6. The molecule has 9 heteroatoms. The van der Waals surface area contributed by atoms with Gasteiger partial charge in [-0.25, -0.2) is 22.5 Å². The molecular weight excluding hydrogens is 518 g/mol. The second-order valence-corrected chi connectivity index (χ2v) is 8.76. The van der Waals surface area contributed by atoms with Gasteiger partial charge in [-0.1, -0.05) is 24.3 Å². The van der Waals surface area contributed by atoms with Gasteiger partial charge in [0, 0.05) is 19.1 Å². The van der Waals surface area contributed by atoms with E-state index in [-0.39, 0.29) is 40.7 Å². The molecule has 0 heterocycles. The number of guanidine groups is 1. The number of hydrogen-bond donors (Lipinski definition) is 3. The number of rotatable bonds is 9. The van der Waals surface area contributed by atoms with Gasteiger partial charge in [-0.2, -0.15) is 0 Å². The first-order valence-electron chi connectivity index (χ1n) is 9.84. The number of aliphatic imine (C=N–C) groups is 1. The van der Waals surface area contributed by atoms with Crippen LogP contribution in [0.3, 0.4) is 0 Å². The molecule has 0 unspecified atom stereocenters. The van der Waals surface area contributed by atoms with Crippen molar-refractivity contribution in [2.75, 3.05) is 13.1 Å². The van der Waals surface area contributed by atoms with Gasteiger partial charge in [0.1, 0.15) is 5.82 Å². The van der Waals surface area contributed by atoms with Gasteiger partial charge >= 0.3 is 0 Å². The second-order valence-electron chi connectivity index (χ2n) is 7.04. The number of nitrogens with zero attached hydrogens (tertiary/aromatic N) is 1. The lowest BCUT2D eigenvalue weighted by Crippen LogP contribution is -2.38. The number of benzene rings is 2.